The highest BCUT2D eigenvalue weighted by atomic mass is 31.2. The van der Waals surface area contributed by atoms with Crippen molar-refractivity contribution in [3.63, 3.8) is 0 Å². The van der Waals surface area contributed by atoms with Crippen LogP contribution in [-0.4, -0.2) is 51.3 Å². The lowest BCUT2D eigenvalue weighted by Crippen LogP contribution is -2.37. The lowest BCUT2D eigenvalue weighted by Gasteiger charge is -2.32. The van der Waals surface area contributed by atoms with Crippen molar-refractivity contribution in [2.45, 2.75) is 33.4 Å². The van der Waals surface area contributed by atoms with Crippen LogP contribution in [0.3, 0.4) is 0 Å². The van der Waals surface area contributed by atoms with E-state index in [-0.39, 0.29) is 6.04 Å². The summed E-state index contributed by atoms with van der Waals surface area (Å²) in [4.78, 5) is 16.0. The first kappa shape index (κ1) is 20.0. The molecule has 1 aliphatic rings. The summed E-state index contributed by atoms with van der Waals surface area (Å²) in [5.74, 6) is 1.50. The Balaban J connectivity index is 1.56. The molecule has 1 saturated heterocycles. The van der Waals surface area contributed by atoms with Gasteiger partial charge in [-0.15, -0.1) is 0 Å². The summed E-state index contributed by atoms with van der Waals surface area (Å²) < 4.78 is 13.7. The van der Waals surface area contributed by atoms with Crippen molar-refractivity contribution in [3.8, 4) is 0 Å². The van der Waals surface area contributed by atoms with Crippen molar-refractivity contribution < 1.29 is 4.57 Å². The molecule has 0 aliphatic carbocycles. The fourth-order valence-electron chi connectivity index (χ4n) is 3.80. The number of hydrogen-bond donors (Lipinski definition) is 1. The van der Waals surface area contributed by atoms with Gasteiger partial charge in [-0.2, -0.15) is 0 Å². The standard InChI is InChI=1S/C22H28N5OP/c1-16(2)24-22-19-13-21(23-14-20(19)25-17(3)26-22)29(28)11-9-27(10-12-29)15-18-7-5-4-6-8-18/h4-8,13-14,16H,9-12,15H2,1-3H3,(H,24,25,26). The maximum Gasteiger partial charge on any atom is 0.137 e. The Morgan fingerprint density at radius 3 is 2.55 bits per heavy atom. The third-order valence-electron chi connectivity index (χ3n) is 5.33. The Hall–Kier alpha value is -2.30. The number of anilines is 1. The third-order valence-corrected chi connectivity index (χ3v) is 8.25. The maximum atomic E-state index is 13.7. The summed E-state index contributed by atoms with van der Waals surface area (Å²) >= 11 is 0. The van der Waals surface area contributed by atoms with Gasteiger partial charge in [-0.25, -0.2) is 9.97 Å². The van der Waals surface area contributed by atoms with Crippen molar-refractivity contribution in [2.75, 3.05) is 30.7 Å². The van der Waals surface area contributed by atoms with Crippen molar-refractivity contribution >= 4 is 29.3 Å². The lowest BCUT2D eigenvalue weighted by molar-refractivity contribution is 0.288. The molecule has 6 nitrogen and oxygen atoms in total. The van der Waals surface area contributed by atoms with Gasteiger partial charge in [0.15, 0.2) is 0 Å². The Bertz CT molecular complexity index is 1040. The van der Waals surface area contributed by atoms with E-state index in [2.05, 4.69) is 63.3 Å². The van der Waals surface area contributed by atoms with Crippen LogP contribution in [0.1, 0.15) is 25.2 Å². The fourth-order valence-corrected chi connectivity index (χ4v) is 6.33. The van der Waals surface area contributed by atoms with E-state index in [1.807, 2.05) is 19.1 Å². The largest absolute Gasteiger partial charge is 0.367 e. The quantitative estimate of drug-likeness (QED) is 0.649. The summed E-state index contributed by atoms with van der Waals surface area (Å²) in [5.41, 5.74) is 2.80. The topological polar surface area (TPSA) is 71.0 Å². The number of pyridine rings is 1. The van der Waals surface area contributed by atoms with Crippen LogP contribution in [0.5, 0.6) is 0 Å². The van der Waals surface area contributed by atoms with Gasteiger partial charge in [0.25, 0.3) is 0 Å². The molecule has 1 fully saturated rings. The van der Waals surface area contributed by atoms with Crippen molar-refractivity contribution in [1.82, 2.24) is 19.9 Å². The number of rotatable bonds is 5. The molecular weight excluding hydrogens is 381 g/mol. The van der Waals surface area contributed by atoms with E-state index in [9.17, 15) is 4.57 Å². The van der Waals surface area contributed by atoms with Crippen LogP contribution in [0.25, 0.3) is 10.9 Å². The van der Waals surface area contributed by atoms with E-state index < -0.39 is 7.14 Å². The molecule has 152 valence electrons. The molecular formula is C22H28N5OP. The number of nitrogens with zero attached hydrogens (tertiary/aromatic N) is 4. The monoisotopic (exact) mass is 409 g/mol. The SMILES string of the molecule is Cc1nc(NC(C)C)c2cc(P3(=O)CCN(Cc4ccccc4)CC3)ncc2n1. The molecule has 1 aromatic carbocycles. The molecule has 0 atom stereocenters. The minimum atomic E-state index is -2.51. The second-order valence-electron chi connectivity index (χ2n) is 8.08. The van der Waals surface area contributed by atoms with E-state index in [1.165, 1.54) is 5.56 Å². The van der Waals surface area contributed by atoms with Crippen LogP contribution in [-0.2, 0) is 11.1 Å². The van der Waals surface area contributed by atoms with Gasteiger partial charge in [0.1, 0.15) is 24.2 Å². The highest BCUT2D eigenvalue weighted by Gasteiger charge is 2.32. The van der Waals surface area contributed by atoms with Gasteiger partial charge in [0.05, 0.1) is 11.7 Å². The molecule has 2 aromatic heterocycles. The van der Waals surface area contributed by atoms with Gasteiger partial charge < -0.3 is 9.88 Å². The van der Waals surface area contributed by atoms with E-state index in [4.69, 9.17) is 0 Å². The summed E-state index contributed by atoms with van der Waals surface area (Å²) in [6, 6.07) is 12.7. The van der Waals surface area contributed by atoms with Gasteiger partial charge in [-0.3, -0.25) is 9.88 Å². The average molecular weight is 409 g/mol. The zero-order valence-corrected chi connectivity index (χ0v) is 18.2. The molecule has 3 heterocycles. The van der Waals surface area contributed by atoms with Crippen molar-refractivity contribution in [1.29, 1.82) is 0 Å². The summed E-state index contributed by atoms with van der Waals surface area (Å²) in [6.07, 6.45) is 3.08. The molecule has 0 radical (unpaired) electrons. The van der Waals surface area contributed by atoms with Gasteiger partial charge >= 0.3 is 0 Å². The van der Waals surface area contributed by atoms with Crippen LogP contribution in [0.2, 0.25) is 0 Å². The second-order valence-corrected chi connectivity index (χ2v) is 11.2. The smallest absolute Gasteiger partial charge is 0.137 e. The molecule has 0 saturated carbocycles. The molecule has 7 heteroatoms. The average Bonchev–Trinajstić information content (AvgIpc) is 2.70. The van der Waals surface area contributed by atoms with Crippen molar-refractivity contribution in [2.24, 2.45) is 0 Å². The molecule has 1 aliphatic heterocycles. The Morgan fingerprint density at radius 1 is 1.14 bits per heavy atom. The minimum absolute atomic E-state index is 0.251. The number of aromatic nitrogens is 3. The molecule has 0 spiro atoms. The van der Waals surface area contributed by atoms with Gasteiger partial charge in [0.2, 0.25) is 0 Å². The molecule has 0 amide bonds. The molecule has 0 unspecified atom stereocenters. The van der Waals surface area contributed by atoms with E-state index in [0.717, 1.165) is 36.4 Å². The Kier molecular flexibility index (Phi) is 5.66. The second kappa shape index (κ2) is 8.21. The predicted octanol–water partition coefficient (Wildman–Crippen LogP) is 3.66. The van der Waals surface area contributed by atoms with Crippen LogP contribution < -0.4 is 10.8 Å². The molecule has 29 heavy (non-hydrogen) atoms. The highest BCUT2D eigenvalue weighted by molar-refractivity contribution is 7.71. The normalized spacial score (nSPS) is 17.0. The Morgan fingerprint density at radius 2 is 1.86 bits per heavy atom. The zero-order chi connectivity index (χ0) is 20.4. The summed E-state index contributed by atoms with van der Waals surface area (Å²) in [6.45, 7) is 8.59. The first-order valence-corrected chi connectivity index (χ1v) is 12.3. The van der Waals surface area contributed by atoms with Gasteiger partial charge in [-0.1, -0.05) is 30.3 Å². The first-order chi connectivity index (χ1) is 13.9. The van der Waals surface area contributed by atoms with Crippen LogP contribution in [0.4, 0.5) is 5.82 Å². The van der Waals surface area contributed by atoms with E-state index >= 15 is 0 Å². The van der Waals surface area contributed by atoms with E-state index in [0.29, 0.717) is 23.6 Å². The highest BCUT2D eigenvalue weighted by Crippen LogP contribution is 2.46. The zero-order valence-electron chi connectivity index (χ0n) is 17.3. The number of fused-ring (bicyclic) bond motifs is 1. The molecule has 1 N–H and O–H groups in total. The van der Waals surface area contributed by atoms with E-state index in [1.54, 1.807) is 6.20 Å². The van der Waals surface area contributed by atoms with Crippen LogP contribution in [0.15, 0.2) is 42.6 Å². The van der Waals surface area contributed by atoms with Gasteiger partial charge in [-0.05, 0) is 32.4 Å². The number of hydrogen-bond acceptors (Lipinski definition) is 6. The minimum Gasteiger partial charge on any atom is -0.367 e. The fraction of sp³-hybridized carbons (Fsp3) is 0.409. The number of aryl methyl sites for hydroxylation is 1. The first-order valence-electron chi connectivity index (χ1n) is 10.2. The van der Waals surface area contributed by atoms with Gasteiger partial charge in [0, 0.05) is 43.4 Å². The van der Waals surface area contributed by atoms with Crippen LogP contribution in [0, 0.1) is 6.92 Å². The Labute approximate surface area is 172 Å². The summed E-state index contributed by atoms with van der Waals surface area (Å²) in [5, 5.41) is 4.29. The molecule has 4 rings (SSSR count). The third kappa shape index (κ3) is 4.49. The maximum absolute atomic E-state index is 13.7. The molecule has 0 bridgehead atoms. The van der Waals surface area contributed by atoms with Crippen molar-refractivity contribution in [3.05, 3.63) is 54.0 Å². The number of nitrogens with one attached hydrogen (secondary N) is 1. The lowest BCUT2D eigenvalue weighted by atomic mass is 10.2. The predicted molar refractivity (Wildman–Crippen MR) is 120 cm³/mol. The van der Waals surface area contributed by atoms with Crippen LogP contribution >= 0.6 is 7.14 Å². The number of benzene rings is 1. The summed E-state index contributed by atoms with van der Waals surface area (Å²) in [7, 11) is -2.51. The molecule has 3 aromatic rings.